The third kappa shape index (κ3) is 2.41. The predicted molar refractivity (Wildman–Crippen MR) is 34.8 cm³/mol. The van der Waals surface area contributed by atoms with E-state index in [0.29, 0.717) is 6.54 Å². The molecule has 0 rings (SSSR count). The Bertz CT molecular complexity index is 112. The van der Waals surface area contributed by atoms with Crippen LogP contribution in [0.15, 0.2) is 0 Å². The van der Waals surface area contributed by atoms with Crippen molar-refractivity contribution >= 4 is 0 Å². The molecule has 0 amide bonds. The molecule has 0 atom stereocenters. The van der Waals surface area contributed by atoms with Crippen LogP contribution in [0.3, 0.4) is 0 Å². The van der Waals surface area contributed by atoms with Crippen molar-refractivity contribution < 1.29 is 4.92 Å². The largest absolute Gasteiger partial charge is 0.269 e. The zero-order chi connectivity index (χ0) is 7.49. The molecule has 4 nitrogen and oxygen atoms in total. The molecule has 0 aromatic rings. The predicted octanol–water partition coefficient (Wildman–Crippen LogP) is 0.609. The molecule has 0 unspecified atom stereocenters. The normalized spacial score (nSPS) is 11.4. The molecular weight excluding hydrogens is 120 g/mol. The smallest absolute Gasteiger partial charge is 0.263 e. The SMILES string of the molecule is CCNC(C)(C)[N+](=O)[O-]. The number of nitrogens with one attached hydrogen (secondary N) is 1. The summed E-state index contributed by atoms with van der Waals surface area (Å²) >= 11 is 0. The van der Waals surface area contributed by atoms with Gasteiger partial charge in [-0.3, -0.25) is 15.4 Å². The lowest BCUT2D eigenvalue weighted by Gasteiger charge is -2.14. The van der Waals surface area contributed by atoms with E-state index < -0.39 is 5.66 Å². The fraction of sp³-hybridized carbons (Fsp3) is 1.00. The van der Waals surface area contributed by atoms with Crippen molar-refractivity contribution in [1.82, 2.24) is 5.32 Å². The minimum atomic E-state index is -0.977. The Morgan fingerprint density at radius 3 is 2.22 bits per heavy atom. The van der Waals surface area contributed by atoms with Crippen LogP contribution < -0.4 is 5.32 Å². The fourth-order valence-corrected chi connectivity index (χ4v) is 0.497. The highest BCUT2D eigenvalue weighted by molar-refractivity contribution is 4.60. The summed E-state index contributed by atoms with van der Waals surface area (Å²) in [4.78, 5) is 9.82. The molecule has 0 fully saturated rings. The first kappa shape index (κ1) is 8.36. The minimum absolute atomic E-state index is 0.337. The Balaban J connectivity index is 3.85. The summed E-state index contributed by atoms with van der Waals surface area (Å²) in [5.41, 5.74) is -0.977. The first-order chi connectivity index (χ1) is 4.00. The Morgan fingerprint density at radius 2 is 2.11 bits per heavy atom. The van der Waals surface area contributed by atoms with Gasteiger partial charge >= 0.3 is 0 Å². The standard InChI is InChI=1S/C5H12N2O2/c1-4-6-5(2,3)7(8)9/h6H,4H2,1-3H3. The summed E-state index contributed by atoms with van der Waals surface area (Å²) in [5.74, 6) is 0. The topological polar surface area (TPSA) is 55.2 Å². The molecule has 1 N–H and O–H groups in total. The van der Waals surface area contributed by atoms with Crippen LogP contribution >= 0.6 is 0 Å². The number of nitrogens with zero attached hydrogens (tertiary/aromatic N) is 1. The Hall–Kier alpha value is -0.640. The van der Waals surface area contributed by atoms with E-state index in [2.05, 4.69) is 5.32 Å². The molecular formula is C5H12N2O2. The van der Waals surface area contributed by atoms with Gasteiger partial charge in [-0.1, -0.05) is 6.92 Å². The van der Waals surface area contributed by atoms with Gasteiger partial charge in [0.25, 0.3) is 5.66 Å². The maximum atomic E-state index is 10.2. The van der Waals surface area contributed by atoms with Gasteiger partial charge < -0.3 is 0 Å². The van der Waals surface area contributed by atoms with Crippen LogP contribution in [-0.2, 0) is 0 Å². The highest BCUT2D eigenvalue weighted by atomic mass is 16.6. The Kier molecular flexibility index (Phi) is 2.58. The zero-order valence-corrected chi connectivity index (χ0v) is 5.97. The summed E-state index contributed by atoms with van der Waals surface area (Å²) in [6.45, 7) is 5.53. The molecule has 0 aromatic heterocycles. The van der Waals surface area contributed by atoms with E-state index in [-0.39, 0.29) is 4.92 Å². The van der Waals surface area contributed by atoms with Gasteiger partial charge in [-0.05, 0) is 6.54 Å². The number of hydrogen-bond donors (Lipinski definition) is 1. The molecule has 0 aliphatic heterocycles. The van der Waals surface area contributed by atoms with Crippen LogP contribution in [0, 0.1) is 10.1 Å². The zero-order valence-electron chi connectivity index (χ0n) is 5.97. The lowest BCUT2D eigenvalue weighted by atomic mass is 10.2. The third-order valence-corrected chi connectivity index (χ3v) is 1.07. The molecule has 0 saturated heterocycles. The summed E-state index contributed by atoms with van der Waals surface area (Å²) in [5, 5.41) is 12.9. The lowest BCUT2D eigenvalue weighted by Crippen LogP contribution is -2.46. The van der Waals surface area contributed by atoms with Gasteiger partial charge in [0.1, 0.15) is 0 Å². The van der Waals surface area contributed by atoms with Gasteiger partial charge in [0.15, 0.2) is 0 Å². The summed E-state index contributed by atoms with van der Waals surface area (Å²) in [6.07, 6.45) is 0. The maximum Gasteiger partial charge on any atom is 0.269 e. The second kappa shape index (κ2) is 2.77. The van der Waals surface area contributed by atoms with Gasteiger partial charge in [-0.25, -0.2) is 0 Å². The van der Waals surface area contributed by atoms with Crippen molar-refractivity contribution in [2.75, 3.05) is 6.54 Å². The Morgan fingerprint density at radius 1 is 1.67 bits per heavy atom. The van der Waals surface area contributed by atoms with E-state index in [0.717, 1.165) is 0 Å². The molecule has 0 aromatic carbocycles. The van der Waals surface area contributed by atoms with E-state index in [9.17, 15) is 10.1 Å². The van der Waals surface area contributed by atoms with Crippen LogP contribution in [0.2, 0.25) is 0 Å². The van der Waals surface area contributed by atoms with Crippen LogP contribution in [0.1, 0.15) is 20.8 Å². The summed E-state index contributed by atoms with van der Waals surface area (Å²) < 4.78 is 0. The molecule has 54 valence electrons. The van der Waals surface area contributed by atoms with Crippen LogP contribution in [0.25, 0.3) is 0 Å². The van der Waals surface area contributed by atoms with Crippen LogP contribution in [0.4, 0.5) is 0 Å². The van der Waals surface area contributed by atoms with E-state index in [1.807, 2.05) is 6.92 Å². The molecule has 0 radical (unpaired) electrons. The molecule has 0 aliphatic carbocycles. The van der Waals surface area contributed by atoms with Gasteiger partial charge in [0, 0.05) is 18.8 Å². The van der Waals surface area contributed by atoms with Crippen LogP contribution in [0.5, 0.6) is 0 Å². The average molecular weight is 132 g/mol. The molecule has 0 bridgehead atoms. The number of hydrogen-bond acceptors (Lipinski definition) is 3. The second-order valence-corrected chi connectivity index (χ2v) is 2.35. The highest BCUT2D eigenvalue weighted by Crippen LogP contribution is 2.00. The van der Waals surface area contributed by atoms with E-state index in [1.54, 1.807) is 0 Å². The van der Waals surface area contributed by atoms with Crippen molar-refractivity contribution in [2.45, 2.75) is 26.4 Å². The van der Waals surface area contributed by atoms with E-state index in [4.69, 9.17) is 0 Å². The van der Waals surface area contributed by atoms with E-state index in [1.165, 1.54) is 13.8 Å². The summed E-state index contributed by atoms with van der Waals surface area (Å²) in [6, 6.07) is 0. The third-order valence-electron chi connectivity index (χ3n) is 1.07. The molecule has 0 aliphatic rings. The second-order valence-electron chi connectivity index (χ2n) is 2.35. The van der Waals surface area contributed by atoms with Gasteiger partial charge in [0.05, 0.1) is 0 Å². The van der Waals surface area contributed by atoms with Crippen LogP contribution in [-0.4, -0.2) is 17.1 Å². The lowest BCUT2D eigenvalue weighted by molar-refractivity contribution is -0.568. The highest BCUT2D eigenvalue weighted by Gasteiger charge is 2.28. The Labute approximate surface area is 54.4 Å². The number of nitro groups is 1. The number of rotatable bonds is 3. The minimum Gasteiger partial charge on any atom is -0.263 e. The maximum absolute atomic E-state index is 10.2. The molecule has 0 heterocycles. The van der Waals surface area contributed by atoms with Crippen molar-refractivity contribution in [3.63, 3.8) is 0 Å². The van der Waals surface area contributed by atoms with Crippen molar-refractivity contribution in [3.05, 3.63) is 10.1 Å². The summed E-state index contributed by atoms with van der Waals surface area (Å²) in [7, 11) is 0. The van der Waals surface area contributed by atoms with Gasteiger partial charge in [-0.15, -0.1) is 0 Å². The van der Waals surface area contributed by atoms with Crippen molar-refractivity contribution in [2.24, 2.45) is 0 Å². The molecule has 0 saturated carbocycles. The molecule has 4 heteroatoms. The monoisotopic (exact) mass is 132 g/mol. The van der Waals surface area contributed by atoms with Crippen molar-refractivity contribution in [1.29, 1.82) is 0 Å². The van der Waals surface area contributed by atoms with Gasteiger partial charge in [0.2, 0.25) is 0 Å². The quantitative estimate of drug-likeness (QED) is 0.347. The average Bonchev–Trinajstić information content (AvgIpc) is 1.65. The van der Waals surface area contributed by atoms with E-state index >= 15 is 0 Å². The van der Waals surface area contributed by atoms with Gasteiger partial charge in [-0.2, -0.15) is 0 Å². The molecule has 9 heavy (non-hydrogen) atoms. The molecule has 0 spiro atoms. The van der Waals surface area contributed by atoms with Crippen molar-refractivity contribution in [3.8, 4) is 0 Å². The first-order valence-corrected chi connectivity index (χ1v) is 2.90. The first-order valence-electron chi connectivity index (χ1n) is 2.90. The fourth-order valence-electron chi connectivity index (χ4n) is 0.497.